The van der Waals surface area contributed by atoms with Crippen LogP contribution in [0.1, 0.15) is 22.6 Å². The molecule has 2 N–H and O–H groups in total. The van der Waals surface area contributed by atoms with E-state index in [1.54, 1.807) is 18.2 Å². The Bertz CT molecular complexity index is 1630. The Hall–Kier alpha value is -4.45. The van der Waals surface area contributed by atoms with E-state index >= 15 is 0 Å². The fraction of sp³-hybridized carbons (Fsp3) is 0.107. The Morgan fingerprint density at radius 2 is 1.53 bits per heavy atom. The molecule has 34 heavy (non-hydrogen) atoms. The summed E-state index contributed by atoms with van der Waals surface area (Å²) in [5, 5.41) is 16.9. The predicted molar refractivity (Wildman–Crippen MR) is 132 cm³/mol. The summed E-state index contributed by atoms with van der Waals surface area (Å²) in [7, 11) is 2.97. The lowest BCUT2D eigenvalue weighted by Crippen LogP contribution is -2.23. The molecule has 0 spiro atoms. The van der Waals surface area contributed by atoms with Gasteiger partial charge in [0.2, 0.25) is 5.75 Å². The molecule has 1 aromatic heterocycles. The van der Waals surface area contributed by atoms with Crippen molar-refractivity contribution in [3.8, 4) is 17.2 Å². The Morgan fingerprint density at radius 3 is 2.26 bits per heavy atom. The molecule has 1 aliphatic heterocycles. The van der Waals surface area contributed by atoms with E-state index in [0.717, 1.165) is 33.0 Å². The van der Waals surface area contributed by atoms with Crippen LogP contribution in [0.25, 0.3) is 21.7 Å². The highest BCUT2D eigenvalue weighted by Crippen LogP contribution is 2.50. The van der Waals surface area contributed by atoms with Gasteiger partial charge < -0.3 is 24.3 Å². The van der Waals surface area contributed by atoms with Gasteiger partial charge in [0.05, 0.1) is 25.5 Å². The molecule has 6 rings (SSSR count). The zero-order valence-corrected chi connectivity index (χ0v) is 18.6. The van der Waals surface area contributed by atoms with Gasteiger partial charge in [-0.25, -0.2) is 4.79 Å². The molecule has 6 heteroatoms. The average molecular weight is 451 g/mol. The van der Waals surface area contributed by atoms with Crippen LogP contribution in [0.2, 0.25) is 0 Å². The number of phenols is 1. The normalized spacial score (nSPS) is 14.4. The van der Waals surface area contributed by atoms with E-state index in [4.69, 9.17) is 13.9 Å². The van der Waals surface area contributed by atoms with Gasteiger partial charge in [0.25, 0.3) is 0 Å². The lowest BCUT2D eigenvalue weighted by molar-refractivity contribution is 0.339. The molecule has 2 heterocycles. The zero-order valence-electron chi connectivity index (χ0n) is 18.6. The molecule has 4 aromatic carbocycles. The number of benzene rings is 4. The van der Waals surface area contributed by atoms with E-state index in [9.17, 15) is 9.90 Å². The third kappa shape index (κ3) is 2.85. The van der Waals surface area contributed by atoms with Gasteiger partial charge in [-0.15, -0.1) is 0 Å². The second-order valence-corrected chi connectivity index (χ2v) is 8.25. The molecular formula is C28H21NO5. The highest BCUT2D eigenvalue weighted by molar-refractivity contribution is 6.00. The van der Waals surface area contributed by atoms with Gasteiger partial charge in [0, 0.05) is 17.0 Å². The van der Waals surface area contributed by atoms with E-state index in [1.807, 2.05) is 48.5 Å². The maximum Gasteiger partial charge on any atom is 0.342 e. The van der Waals surface area contributed by atoms with Crippen LogP contribution >= 0.6 is 0 Å². The summed E-state index contributed by atoms with van der Waals surface area (Å²) in [6, 6.07) is 23.1. The van der Waals surface area contributed by atoms with Crippen LogP contribution in [-0.4, -0.2) is 19.3 Å². The Balaban J connectivity index is 1.76. The maximum atomic E-state index is 13.5. The number of anilines is 2. The number of nitrogens with one attached hydrogen (secondary N) is 1. The van der Waals surface area contributed by atoms with Crippen LogP contribution in [0.4, 0.5) is 11.4 Å². The maximum absolute atomic E-state index is 13.5. The van der Waals surface area contributed by atoms with Gasteiger partial charge in [-0.3, -0.25) is 0 Å². The van der Waals surface area contributed by atoms with Gasteiger partial charge in [0.1, 0.15) is 5.58 Å². The van der Waals surface area contributed by atoms with Crippen molar-refractivity contribution in [2.24, 2.45) is 0 Å². The van der Waals surface area contributed by atoms with Crippen molar-refractivity contribution in [2.45, 2.75) is 5.92 Å². The summed E-state index contributed by atoms with van der Waals surface area (Å²) in [4.78, 5) is 13.5. The third-order valence-corrected chi connectivity index (χ3v) is 6.49. The van der Waals surface area contributed by atoms with Gasteiger partial charge >= 0.3 is 5.63 Å². The first kappa shape index (κ1) is 20.2. The molecule has 1 unspecified atom stereocenters. The number of aromatic hydroxyl groups is 1. The van der Waals surface area contributed by atoms with Crippen LogP contribution in [0, 0.1) is 0 Å². The Kier molecular flexibility index (Phi) is 4.48. The second-order valence-electron chi connectivity index (χ2n) is 8.25. The van der Waals surface area contributed by atoms with E-state index < -0.39 is 11.5 Å². The number of hydrogen-bond acceptors (Lipinski definition) is 6. The quantitative estimate of drug-likeness (QED) is 0.326. The molecule has 6 nitrogen and oxygen atoms in total. The van der Waals surface area contributed by atoms with Crippen LogP contribution in [0.3, 0.4) is 0 Å². The summed E-state index contributed by atoms with van der Waals surface area (Å²) < 4.78 is 16.6. The molecule has 5 aromatic rings. The first-order valence-electron chi connectivity index (χ1n) is 10.9. The van der Waals surface area contributed by atoms with Crippen molar-refractivity contribution in [3.63, 3.8) is 0 Å². The highest BCUT2D eigenvalue weighted by atomic mass is 16.5. The van der Waals surface area contributed by atoms with E-state index in [0.29, 0.717) is 16.8 Å². The topological polar surface area (TPSA) is 80.9 Å². The highest BCUT2D eigenvalue weighted by Gasteiger charge is 2.34. The Morgan fingerprint density at radius 1 is 0.853 bits per heavy atom. The van der Waals surface area contributed by atoms with E-state index in [2.05, 4.69) is 11.4 Å². The molecule has 0 fully saturated rings. The summed E-state index contributed by atoms with van der Waals surface area (Å²) in [5.74, 6) is -0.0454. The molecule has 0 saturated carbocycles. The van der Waals surface area contributed by atoms with Crippen molar-refractivity contribution >= 4 is 33.1 Å². The summed E-state index contributed by atoms with van der Waals surface area (Å²) >= 11 is 0. The van der Waals surface area contributed by atoms with E-state index in [-0.39, 0.29) is 17.2 Å². The van der Waals surface area contributed by atoms with Crippen molar-refractivity contribution < 1.29 is 19.0 Å². The van der Waals surface area contributed by atoms with Crippen LogP contribution < -0.4 is 20.4 Å². The van der Waals surface area contributed by atoms with Crippen molar-refractivity contribution in [1.29, 1.82) is 0 Å². The largest absolute Gasteiger partial charge is 0.502 e. The molecule has 0 amide bonds. The first-order chi connectivity index (χ1) is 16.6. The van der Waals surface area contributed by atoms with Crippen molar-refractivity contribution in [1.82, 2.24) is 0 Å². The van der Waals surface area contributed by atoms with Gasteiger partial charge in [-0.2, -0.15) is 0 Å². The first-order valence-corrected chi connectivity index (χ1v) is 10.9. The second kappa shape index (κ2) is 7.56. The SMILES string of the molecule is COc1cc(C2c3c(c4ccccc4oc3=O)Nc3ccc4ccccc4c32)cc(OC)c1O. The number of methoxy groups -OCH3 is 2. The molecule has 1 atom stereocenters. The standard InChI is InChI=1S/C28H21NO5/c1-32-21-13-16(14-22(33-2)27(21)30)23-24-17-8-4-3-7-15(17)11-12-19(24)29-26-18-9-5-6-10-20(18)34-28(31)25(23)26/h3-14,23,29-30H,1-2H3. The molecule has 0 bridgehead atoms. The fourth-order valence-corrected chi connectivity index (χ4v) is 4.97. The summed E-state index contributed by atoms with van der Waals surface area (Å²) in [6.45, 7) is 0. The summed E-state index contributed by atoms with van der Waals surface area (Å²) in [6.07, 6.45) is 0. The molecule has 0 saturated heterocycles. The van der Waals surface area contributed by atoms with Gasteiger partial charge in [-0.1, -0.05) is 42.5 Å². The monoisotopic (exact) mass is 451 g/mol. The van der Waals surface area contributed by atoms with Crippen LogP contribution in [-0.2, 0) is 0 Å². The minimum Gasteiger partial charge on any atom is -0.502 e. The lowest BCUT2D eigenvalue weighted by Gasteiger charge is -2.31. The Labute approximate surface area is 195 Å². The van der Waals surface area contributed by atoms with Gasteiger partial charge in [0.15, 0.2) is 11.5 Å². The molecule has 168 valence electrons. The summed E-state index contributed by atoms with van der Waals surface area (Å²) in [5.41, 5.74) is 3.90. The minimum absolute atomic E-state index is 0.0911. The number of para-hydroxylation sites is 1. The number of phenolic OH excluding ortho intramolecular Hbond substituents is 1. The third-order valence-electron chi connectivity index (χ3n) is 6.49. The molecule has 1 aliphatic rings. The number of fused-ring (bicyclic) bond motifs is 6. The molecule has 0 aliphatic carbocycles. The molecular weight excluding hydrogens is 430 g/mol. The van der Waals surface area contributed by atoms with Crippen molar-refractivity contribution in [2.75, 3.05) is 19.5 Å². The number of ether oxygens (including phenoxy) is 2. The van der Waals surface area contributed by atoms with Crippen molar-refractivity contribution in [3.05, 3.63) is 99.9 Å². The lowest BCUT2D eigenvalue weighted by atomic mass is 9.79. The fourth-order valence-electron chi connectivity index (χ4n) is 4.97. The van der Waals surface area contributed by atoms with E-state index in [1.165, 1.54) is 14.2 Å². The zero-order chi connectivity index (χ0) is 23.4. The smallest absolute Gasteiger partial charge is 0.342 e. The number of hydrogen-bond donors (Lipinski definition) is 2. The minimum atomic E-state index is -0.485. The molecule has 0 radical (unpaired) electrons. The number of rotatable bonds is 3. The van der Waals surface area contributed by atoms with Gasteiger partial charge in [-0.05, 0) is 52.2 Å². The average Bonchev–Trinajstić information content (AvgIpc) is 2.87. The van der Waals surface area contributed by atoms with Crippen LogP contribution in [0.15, 0.2) is 82.0 Å². The van der Waals surface area contributed by atoms with Crippen LogP contribution in [0.5, 0.6) is 17.2 Å². The predicted octanol–water partition coefficient (Wildman–Crippen LogP) is 5.91.